The monoisotopic (exact) mass is 334 g/mol. The van der Waals surface area contributed by atoms with Crippen molar-refractivity contribution in [3.63, 3.8) is 0 Å². The minimum atomic E-state index is -0.521. The summed E-state index contributed by atoms with van der Waals surface area (Å²) in [5.74, 6) is 0.0327. The molecule has 0 aliphatic rings. The van der Waals surface area contributed by atoms with Crippen molar-refractivity contribution in [1.82, 2.24) is 0 Å². The quantitative estimate of drug-likeness (QED) is 0.488. The summed E-state index contributed by atoms with van der Waals surface area (Å²) in [6.07, 6.45) is 0.670. The molecule has 0 radical (unpaired) electrons. The lowest BCUT2D eigenvalue weighted by Gasteiger charge is -2.12. The van der Waals surface area contributed by atoms with Crippen molar-refractivity contribution in [2.45, 2.75) is 0 Å². The summed E-state index contributed by atoms with van der Waals surface area (Å²) in [7, 11) is 1.46. The molecule has 0 amide bonds. The highest BCUT2D eigenvalue weighted by atomic mass is 79.9. The maximum Gasteiger partial charge on any atom is 0.343 e. The fourth-order valence-electron chi connectivity index (χ4n) is 1.63. The molecule has 0 bridgehead atoms. The number of carbonyl (C=O) groups is 2. The van der Waals surface area contributed by atoms with E-state index in [0.717, 1.165) is 0 Å². The Balaban J connectivity index is 2.37. The lowest BCUT2D eigenvalue weighted by Crippen LogP contribution is -2.10. The van der Waals surface area contributed by atoms with Crippen LogP contribution in [0.5, 0.6) is 11.5 Å². The highest BCUT2D eigenvalue weighted by Crippen LogP contribution is 2.37. The van der Waals surface area contributed by atoms with Crippen molar-refractivity contribution in [2.75, 3.05) is 7.11 Å². The summed E-state index contributed by atoms with van der Waals surface area (Å²) in [6, 6.07) is 11.7. The van der Waals surface area contributed by atoms with Gasteiger partial charge in [-0.05, 0) is 40.2 Å². The molecule has 4 nitrogen and oxygen atoms in total. The molecule has 102 valence electrons. The number of ether oxygens (including phenoxy) is 2. The molecule has 2 aromatic rings. The zero-order chi connectivity index (χ0) is 14.5. The fourth-order valence-corrected chi connectivity index (χ4v) is 2.13. The van der Waals surface area contributed by atoms with Gasteiger partial charge in [0.25, 0.3) is 0 Å². The van der Waals surface area contributed by atoms with Gasteiger partial charge in [-0.1, -0.05) is 18.2 Å². The number of aldehydes is 1. The lowest BCUT2D eigenvalue weighted by molar-refractivity contribution is 0.0727. The summed E-state index contributed by atoms with van der Waals surface area (Å²) < 4.78 is 10.9. The van der Waals surface area contributed by atoms with Crippen LogP contribution in [-0.4, -0.2) is 19.4 Å². The molecule has 0 aromatic heterocycles. The van der Waals surface area contributed by atoms with E-state index in [1.807, 2.05) is 0 Å². The fraction of sp³-hybridized carbons (Fsp3) is 0.0667. The molecule has 0 heterocycles. The van der Waals surface area contributed by atoms with Gasteiger partial charge in [-0.3, -0.25) is 4.79 Å². The Bertz CT molecular complexity index is 638. The third kappa shape index (κ3) is 2.88. The second kappa shape index (κ2) is 6.34. The predicted octanol–water partition coefficient (Wildman–Crippen LogP) is 3.49. The molecule has 0 fully saturated rings. The predicted molar refractivity (Wildman–Crippen MR) is 77.5 cm³/mol. The van der Waals surface area contributed by atoms with Crippen LogP contribution in [0.1, 0.15) is 20.7 Å². The zero-order valence-electron chi connectivity index (χ0n) is 10.6. The van der Waals surface area contributed by atoms with E-state index in [1.54, 1.807) is 42.5 Å². The molecule has 0 saturated carbocycles. The normalized spacial score (nSPS) is 9.90. The van der Waals surface area contributed by atoms with Crippen LogP contribution in [-0.2, 0) is 0 Å². The molecule has 20 heavy (non-hydrogen) atoms. The number of carbonyl (C=O) groups excluding carboxylic acids is 2. The average Bonchev–Trinajstić information content (AvgIpc) is 2.50. The van der Waals surface area contributed by atoms with E-state index in [9.17, 15) is 9.59 Å². The largest absolute Gasteiger partial charge is 0.493 e. The van der Waals surface area contributed by atoms with E-state index in [0.29, 0.717) is 27.6 Å². The maximum absolute atomic E-state index is 12.0. The zero-order valence-corrected chi connectivity index (χ0v) is 12.2. The Morgan fingerprint density at radius 3 is 2.45 bits per heavy atom. The molecule has 2 aromatic carbocycles. The Morgan fingerprint density at radius 1 is 1.15 bits per heavy atom. The van der Waals surface area contributed by atoms with Gasteiger partial charge in [-0.25, -0.2) is 4.79 Å². The molecule has 0 aliphatic heterocycles. The van der Waals surface area contributed by atoms with Crippen LogP contribution < -0.4 is 9.47 Å². The van der Waals surface area contributed by atoms with Crippen LogP contribution in [0.3, 0.4) is 0 Å². The minimum Gasteiger partial charge on any atom is -0.493 e. The van der Waals surface area contributed by atoms with Gasteiger partial charge in [0.05, 0.1) is 17.1 Å². The number of hydrogen-bond donors (Lipinski definition) is 0. The van der Waals surface area contributed by atoms with Crippen LogP contribution >= 0.6 is 15.9 Å². The van der Waals surface area contributed by atoms with E-state index in [4.69, 9.17) is 9.47 Å². The van der Waals surface area contributed by atoms with Gasteiger partial charge in [-0.2, -0.15) is 0 Å². The SMILES string of the molecule is COc1ccc(C=O)c(Br)c1OC(=O)c1ccccc1. The third-order valence-corrected chi connectivity index (χ3v) is 3.46. The first-order valence-electron chi connectivity index (χ1n) is 5.76. The second-order valence-corrected chi connectivity index (χ2v) is 4.67. The van der Waals surface area contributed by atoms with E-state index in [2.05, 4.69) is 15.9 Å². The first-order valence-corrected chi connectivity index (χ1v) is 6.55. The van der Waals surface area contributed by atoms with Crippen molar-refractivity contribution in [3.8, 4) is 11.5 Å². The van der Waals surface area contributed by atoms with E-state index in [-0.39, 0.29) is 5.75 Å². The van der Waals surface area contributed by atoms with Crippen molar-refractivity contribution in [2.24, 2.45) is 0 Å². The van der Waals surface area contributed by atoms with Crippen LogP contribution in [0, 0.1) is 0 Å². The van der Waals surface area contributed by atoms with Gasteiger partial charge in [0.2, 0.25) is 0 Å². The highest BCUT2D eigenvalue weighted by Gasteiger charge is 2.17. The lowest BCUT2D eigenvalue weighted by atomic mass is 10.2. The average molecular weight is 335 g/mol. The maximum atomic E-state index is 12.0. The molecule has 0 aliphatic carbocycles. The van der Waals surface area contributed by atoms with Crippen molar-refractivity contribution < 1.29 is 19.1 Å². The second-order valence-electron chi connectivity index (χ2n) is 3.87. The van der Waals surface area contributed by atoms with E-state index >= 15 is 0 Å². The molecule has 2 rings (SSSR count). The summed E-state index contributed by atoms with van der Waals surface area (Å²) >= 11 is 3.25. The standard InChI is InChI=1S/C15H11BrO4/c1-19-12-8-7-11(9-17)13(16)14(12)20-15(18)10-5-3-2-4-6-10/h2-9H,1H3. The molecule has 0 atom stereocenters. The summed E-state index contributed by atoms with van der Waals surface area (Å²) in [5.41, 5.74) is 0.791. The first kappa shape index (κ1) is 14.3. The number of esters is 1. The number of rotatable bonds is 4. The van der Waals surface area contributed by atoms with Crippen LogP contribution in [0.4, 0.5) is 0 Å². The van der Waals surface area contributed by atoms with Crippen LogP contribution in [0.15, 0.2) is 46.9 Å². The Labute approximate surface area is 124 Å². The van der Waals surface area contributed by atoms with Crippen LogP contribution in [0.2, 0.25) is 0 Å². The highest BCUT2D eigenvalue weighted by molar-refractivity contribution is 9.10. The molecule has 5 heteroatoms. The molecule has 0 unspecified atom stereocenters. The Morgan fingerprint density at radius 2 is 1.85 bits per heavy atom. The van der Waals surface area contributed by atoms with Crippen LogP contribution in [0.25, 0.3) is 0 Å². The van der Waals surface area contributed by atoms with Gasteiger partial charge in [0.1, 0.15) is 0 Å². The number of halogens is 1. The summed E-state index contributed by atoms with van der Waals surface area (Å²) in [6.45, 7) is 0. The third-order valence-electron chi connectivity index (χ3n) is 2.64. The first-order chi connectivity index (χ1) is 9.67. The van der Waals surface area contributed by atoms with E-state index in [1.165, 1.54) is 7.11 Å². The van der Waals surface area contributed by atoms with E-state index < -0.39 is 5.97 Å². The van der Waals surface area contributed by atoms with Gasteiger partial charge in [0, 0.05) is 5.56 Å². The van der Waals surface area contributed by atoms with Crippen molar-refractivity contribution in [1.29, 1.82) is 0 Å². The number of hydrogen-bond acceptors (Lipinski definition) is 4. The molecular weight excluding hydrogens is 324 g/mol. The van der Waals surface area contributed by atoms with Crippen molar-refractivity contribution >= 4 is 28.2 Å². The van der Waals surface area contributed by atoms with Gasteiger partial charge in [-0.15, -0.1) is 0 Å². The number of methoxy groups -OCH3 is 1. The Kier molecular flexibility index (Phi) is 4.53. The summed E-state index contributed by atoms with van der Waals surface area (Å²) in [4.78, 5) is 23.0. The topological polar surface area (TPSA) is 52.6 Å². The molecule has 0 N–H and O–H groups in total. The Hall–Kier alpha value is -2.14. The van der Waals surface area contributed by atoms with Crippen molar-refractivity contribution in [3.05, 3.63) is 58.1 Å². The number of benzene rings is 2. The summed E-state index contributed by atoms with van der Waals surface area (Å²) in [5, 5.41) is 0. The smallest absolute Gasteiger partial charge is 0.343 e. The molecule has 0 spiro atoms. The van der Waals surface area contributed by atoms with Gasteiger partial charge in [0.15, 0.2) is 17.8 Å². The minimum absolute atomic E-state index is 0.186. The van der Waals surface area contributed by atoms with Gasteiger partial charge < -0.3 is 9.47 Å². The molecule has 0 saturated heterocycles. The molecular formula is C15H11BrO4. The van der Waals surface area contributed by atoms with Gasteiger partial charge >= 0.3 is 5.97 Å².